The SMILES string of the molecule is COc1cc(CNc2cccc(C)c2C)cc(I)c1OCc1cccc(F)c1. The van der Waals surface area contributed by atoms with E-state index in [-0.39, 0.29) is 12.4 Å². The van der Waals surface area contributed by atoms with Crippen LogP contribution in [0.4, 0.5) is 10.1 Å². The average molecular weight is 491 g/mol. The van der Waals surface area contributed by atoms with Crippen LogP contribution in [0, 0.1) is 23.2 Å². The van der Waals surface area contributed by atoms with Crippen LogP contribution in [0.5, 0.6) is 11.5 Å². The van der Waals surface area contributed by atoms with E-state index in [1.165, 1.54) is 23.3 Å². The normalized spacial score (nSPS) is 10.6. The van der Waals surface area contributed by atoms with Gasteiger partial charge >= 0.3 is 0 Å². The molecule has 3 aromatic rings. The number of nitrogens with one attached hydrogen (secondary N) is 1. The number of hydrogen-bond acceptors (Lipinski definition) is 3. The summed E-state index contributed by atoms with van der Waals surface area (Å²) in [6.07, 6.45) is 0. The maximum atomic E-state index is 13.4. The molecule has 0 aromatic heterocycles. The first kappa shape index (κ1) is 20.5. The lowest BCUT2D eigenvalue weighted by Crippen LogP contribution is -2.05. The minimum absolute atomic E-state index is 0.268. The molecule has 3 aromatic carbocycles. The molecular formula is C23H23FINO2. The van der Waals surface area contributed by atoms with Gasteiger partial charge in [-0.2, -0.15) is 0 Å². The highest BCUT2D eigenvalue weighted by atomic mass is 127. The van der Waals surface area contributed by atoms with Gasteiger partial charge in [0, 0.05) is 12.2 Å². The summed E-state index contributed by atoms with van der Waals surface area (Å²) >= 11 is 2.24. The van der Waals surface area contributed by atoms with Gasteiger partial charge in [0.2, 0.25) is 0 Å². The fraction of sp³-hybridized carbons (Fsp3) is 0.217. The average Bonchev–Trinajstić information content (AvgIpc) is 2.68. The molecule has 0 spiro atoms. The predicted octanol–water partition coefficient (Wildman–Crippen LogP) is 6.25. The summed E-state index contributed by atoms with van der Waals surface area (Å²) in [6, 6.07) is 16.7. The summed E-state index contributed by atoms with van der Waals surface area (Å²) in [5, 5.41) is 3.49. The molecule has 0 unspecified atom stereocenters. The van der Waals surface area contributed by atoms with E-state index in [4.69, 9.17) is 9.47 Å². The summed E-state index contributed by atoms with van der Waals surface area (Å²) in [7, 11) is 1.63. The molecule has 1 N–H and O–H groups in total. The second kappa shape index (κ2) is 9.28. The standard InChI is InChI=1S/C23H23FINO2/c1-15-6-4-9-21(16(15)2)26-13-18-11-20(25)23(22(12-18)27-3)28-14-17-7-5-8-19(24)10-17/h4-12,26H,13-14H2,1-3H3. The number of ether oxygens (including phenoxy) is 2. The second-order valence-electron chi connectivity index (χ2n) is 6.63. The molecule has 0 bridgehead atoms. The number of methoxy groups -OCH3 is 1. The van der Waals surface area contributed by atoms with Crippen molar-refractivity contribution in [3.05, 3.63) is 86.2 Å². The minimum Gasteiger partial charge on any atom is -0.493 e. The summed E-state index contributed by atoms with van der Waals surface area (Å²) in [5.74, 6) is 1.07. The van der Waals surface area contributed by atoms with Crippen LogP contribution in [0.1, 0.15) is 22.3 Å². The topological polar surface area (TPSA) is 30.5 Å². The van der Waals surface area contributed by atoms with Crippen LogP contribution >= 0.6 is 22.6 Å². The smallest absolute Gasteiger partial charge is 0.174 e. The first-order valence-electron chi connectivity index (χ1n) is 9.01. The zero-order valence-electron chi connectivity index (χ0n) is 16.2. The van der Waals surface area contributed by atoms with Crippen molar-refractivity contribution in [1.29, 1.82) is 0 Å². The lowest BCUT2D eigenvalue weighted by Gasteiger charge is -2.16. The van der Waals surface area contributed by atoms with Crippen molar-refractivity contribution < 1.29 is 13.9 Å². The van der Waals surface area contributed by atoms with Crippen LogP contribution in [0.15, 0.2) is 54.6 Å². The molecule has 5 heteroatoms. The number of rotatable bonds is 7. The van der Waals surface area contributed by atoms with Crippen molar-refractivity contribution in [2.45, 2.75) is 27.0 Å². The molecule has 0 aliphatic carbocycles. The van der Waals surface area contributed by atoms with Gasteiger partial charge in [-0.25, -0.2) is 4.39 Å². The number of benzene rings is 3. The van der Waals surface area contributed by atoms with Gasteiger partial charge < -0.3 is 14.8 Å². The van der Waals surface area contributed by atoms with Crippen LogP contribution in [0.25, 0.3) is 0 Å². The van der Waals surface area contributed by atoms with Gasteiger partial charge in [0.05, 0.1) is 10.7 Å². The highest BCUT2D eigenvalue weighted by molar-refractivity contribution is 14.1. The number of hydrogen-bond donors (Lipinski definition) is 1. The van der Waals surface area contributed by atoms with Crippen molar-refractivity contribution in [1.82, 2.24) is 0 Å². The molecule has 0 radical (unpaired) electrons. The van der Waals surface area contributed by atoms with E-state index in [9.17, 15) is 4.39 Å². The molecule has 0 aliphatic rings. The highest BCUT2D eigenvalue weighted by Crippen LogP contribution is 2.35. The quantitative estimate of drug-likeness (QED) is 0.397. The molecule has 146 valence electrons. The van der Waals surface area contributed by atoms with E-state index < -0.39 is 0 Å². The first-order valence-corrected chi connectivity index (χ1v) is 10.1. The van der Waals surface area contributed by atoms with Crippen molar-refractivity contribution in [3.63, 3.8) is 0 Å². The van der Waals surface area contributed by atoms with Gasteiger partial charge in [0.1, 0.15) is 12.4 Å². The maximum Gasteiger partial charge on any atom is 0.174 e. The lowest BCUT2D eigenvalue weighted by atomic mass is 10.1. The van der Waals surface area contributed by atoms with Gasteiger partial charge in [-0.1, -0.05) is 24.3 Å². The maximum absolute atomic E-state index is 13.4. The predicted molar refractivity (Wildman–Crippen MR) is 120 cm³/mol. The van der Waals surface area contributed by atoms with Gasteiger partial charge in [-0.05, 0) is 89.0 Å². The van der Waals surface area contributed by atoms with Crippen LogP contribution in [0.3, 0.4) is 0 Å². The Labute approximate surface area is 179 Å². The number of anilines is 1. The number of halogens is 2. The Morgan fingerprint density at radius 3 is 2.54 bits per heavy atom. The molecule has 3 nitrogen and oxygen atoms in total. The summed E-state index contributed by atoms with van der Waals surface area (Å²) < 4.78 is 25.8. The Kier molecular flexibility index (Phi) is 6.78. The van der Waals surface area contributed by atoms with Gasteiger partial charge in [-0.3, -0.25) is 0 Å². The van der Waals surface area contributed by atoms with Crippen LogP contribution < -0.4 is 14.8 Å². The molecule has 28 heavy (non-hydrogen) atoms. The Bertz CT molecular complexity index is 975. The summed E-state index contributed by atoms with van der Waals surface area (Å²) in [5.41, 5.74) is 5.51. The van der Waals surface area contributed by atoms with E-state index in [1.54, 1.807) is 13.2 Å². The summed E-state index contributed by atoms with van der Waals surface area (Å²) in [4.78, 5) is 0. The first-order chi connectivity index (χ1) is 13.5. The van der Waals surface area contributed by atoms with Crippen molar-refractivity contribution in [3.8, 4) is 11.5 Å². The van der Waals surface area contributed by atoms with Crippen molar-refractivity contribution in [2.24, 2.45) is 0 Å². The fourth-order valence-electron chi connectivity index (χ4n) is 2.94. The molecule has 0 aliphatic heterocycles. The summed E-state index contributed by atoms with van der Waals surface area (Å²) in [6.45, 7) is 5.19. The van der Waals surface area contributed by atoms with E-state index in [2.05, 4.69) is 66.0 Å². The minimum atomic E-state index is -0.268. The molecule has 0 saturated carbocycles. The Morgan fingerprint density at radius 1 is 1.00 bits per heavy atom. The second-order valence-corrected chi connectivity index (χ2v) is 7.79. The van der Waals surface area contributed by atoms with Crippen LogP contribution in [0.2, 0.25) is 0 Å². The molecule has 0 heterocycles. The Morgan fingerprint density at radius 2 is 1.79 bits per heavy atom. The molecule has 0 amide bonds. The van der Waals surface area contributed by atoms with Gasteiger partial charge in [-0.15, -0.1) is 0 Å². The Balaban J connectivity index is 1.74. The molecule has 0 atom stereocenters. The third-order valence-electron chi connectivity index (χ3n) is 4.65. The molecular weight excluding hydrogens is 468 g/mol. The molecule has 3 rings (SSSR count). The Hall–Kier alpha value is -2.28. The largest absolute Gasteiger partial charge is 0.493 e. The molecule has 0 saturated heterocycles. The van der Waals surface area contributed by atoms with Gasteiger partial charge in [0.25, 0.3) is 0 Å². The van der Waals surface area contributed by atoms with E-state index in [0.717, 1.165) is 20.4 Å². The van der Waals surface area contributed by atoms with E-state index in [0.29, 0.717) is 18.0 Å². The lowest BCUT2D eigenvalue weighted by molar-refractivity contribution is 0.281. The van der Waals surface area contributed by atoms with E-state index in [1.807, 2.05) is 12.1 Å². The zero-order chi connectivity index (χ0) is 20.1. The van der Waals surface area contributed by atoms with Crippen molar-refractivity contribution >= 4 is 28.3 Å². The zero-order valence-corrected chi connectivity index (χ0v) is 18.3. The van der Waals surface area contributed by atoms with Gasteiger partial charge in [0.15, 0.2) is 11.5 Å². The van der Waals surface area contributed by atoms with Crippen molar-refractivity contribution in [2.75, 3.05) is 12.4 Å². The number of aryl methyl sites for hydroxylation is 1. The van der Waals surface area contributed by atoms with E-state index >= 15 is 0 Å². The monoisotopic (exact) mass is 491 g/mol. The van der Waals surface area contributed by atoms with Crippen LogP contribution in [-0.4, -0.2) is 7.11 Å². The third-order valence-corrected chi connectivity index (χ3v) is 5.45. The molecule has 0 fully saturated rings. The fourth-order valence-corrected chi connectivity index (χ4v) is 3.76. The van der Waals surface area contributed by atoms with Crippen LogP contribution in [-0.2, 0) is 13.2 Å². The highest BCUT2D eigenvalue weighted by Gasteiger charge is 2.12. The third kappa shape index (κ3) is 4.95.